The van der Waals surface area contributed by atoms with E-state index in [-0.39, 0.29) is 18.4 Å². The first-order valence-electron chi connectivity index (χ1n) is 11.7. The summed E-state index contributed by atoms with van der Waals surface area (Å²) in [6, 6.07) is 14.1. The second-order valence-electron chi connectivity index (χ2n) is 9.98. The molecule has 7 nitrogen and oxygen atoms in total. The minimum atomic E-state index is -1.12. The lowest BCUT2D eigenvalue weighted by atomic mass is 9.86. The highest BCUT2D eigenvalue weighted by molar-refractivity contribution is 5.89. The minimum absolute atomic E-state index is 0.0914. The number of rotatable bonds is 8. The Morgan fingerprint density at radius 1 is 0.971 bits per heavy atom. The van der Waals surface area contributed by atoms with Crippen molar-refractivity contribution in [2.24, 2.45) is 11.3 Å². The van der Waals surface area contributed by atoms with Crippen molar-refractivity contribution in [3.05, 3.63) is 59.7 Å². The Labute approximate surface area is 200 Å². The number of ether oxygens (including phenoxy) is 1. The van der Waals surface area contributed by atoms with Crippen molar-refractivity contribution >= 4 is 18.0 Å². The maximum Gasteiger partial charge on any atom is 0.407 e. The number of carbonyl (C=O) groups excluding carboxylic acids is 2. The molecule has 2 amide bonds. The third-order valence-corrected chi connectivity index (χ3v) is 6.51. The zero-order chi connectivity index (χ0) is 25.0. The van der Waals surface area contributed by atoms with Crippen LogP contribution >= 0.6 is 0 Å². The van der Waals surface area contributed by atoms with Gasteiger partial charge in [-0.2, -0.15) is 0 Å². The van der Waals surface area contributed by atoms with Crippen LogP contribution in [0, 0.1) is 11.3 Å². The fourth-order valence-corrected chi connectivity index (χ4v) is 4.35. The minimum Gasteiger partial charge on any atom is -0.480 e. The molecule has 0 heterocycles. The molecule has 0 aromatic heterocycles. The Bertz CT molecular complexity index is 1010. The lowest BCUT2D eigenvalue weighted by Gasteiger charge is -2.31. The number of nitrogens with one attached hydrogen (secondary N) is 2. The summed E-state index contributed by atoms with van der Waals surface area (Å²) in [5.41, 5.74) is 3.77. The SMILES string of the molecule is CCC(C)[C@H](NC(=O)OCC1c2ccccc2-c2ccccc21)C(=O)N[C@@H](C(=O)O)C(C)(C)C. The molecule has 3 N–H and O–H groups in total. The molecule has 0 bridgehead atoms. The van der Waals surface area contributed by atoms with Gasteiger partial charge in [0.05, 0.1) is 0 Å². The number of amides is 2. The third-order valence-electron chi connectivity index (χ3n) is 6.51. The molecule has 0 spiro atoms. The van der Waals surface area contributed by atoms with E-state index in [1.54, 1.807) is 20.8 Å². The summed E-state index contributed by atoms with van der Waals surface area (Å²) >= 11 is 0. The molecule has 1 unspecified atom stereocenters. The highest BCUT2D eigenvalue weighted by Gasteiger charge is 2.36. The van der Waals surface area contributed by atoms with Gasteiger partial charge in [0, 0.05) is 5.92 Å². The van der Waals surface area contributed by atoms with E-state index in [0.717, 1.165) is 22.3 Å². The fourth-order valence-electron chi connectivity index (χ4n) is 4.35. The van der Waals surface area contributed by atoms with Crippen LogP contribution in [0.25, 0.3) is 11.1 Å². The van der Waals surface area contributed by atoms with Gasteiger partial charge in [-0.1, -0.05) is 89.6 Å². The van der Waals surface area contributed by atoms with Crippen LogP contribution in [0.2, 0.25) is 0 Å². The van der Waals surface area contributed by atoms with Crippen molar-refractivity contribution in [3.8, 4) is 11.1 Å². The van der Waals surface area contributed by atoms with E-state index in [1.165, 1.54) is 0 Å². The number of alkyl carbamates (subject to hydrolysis) is 1. The summed E-state index contributed by atoms with van der Waals surface area (Å²) in [5, 5.41) is 14.8. The molecular formula is C27H34N2O5. The Morgan fingerprint density at radius 3 is 1.97 bits per heavy atom. The molecule has 2 aromatic rings. The Kier molecular flexibility index (Phi) is 7.64. The molecular weight excluding hydrogens is 432 g/mol. The number of aliphatic carboxylic acids is 1. The van der Waals surface area contributed by atoms with Crippen LogP contribution in [-0.2, 0) is 14.3 Å². The van der Waals surface area contributed by atoms with Gasteiger partial charge in [0.15, 0.2) is 0 Å². The van der Waals surface area contributed by atoms with E-state index in [4.69, 9.17) is 4.74 Å². The number of benzene rings is 2. The van der Waals surface area contributed by atoms with E-state index >= 15 is 0 Å². The summed E-state index contributed by atoms with van der Waals surface area (Å²) in [6.45, 7) is 9.09. The Morgan fingerprint density at radius 2 is 1.50 bits per heavy atom. The molecule has 0 saturated heterocycles. The zero-order valence-corrected chi connectivity index (χ0v) is 20.4. The third kappa shape index (κ3) is 5.41. The quantitative estimate of drug-likeness (QED) is 0.529. The van der Waals surface area contributed by atoms with Gasteiger partial charge in [-0.05, 0) is 33.6 Å². The molecule has 0 radical (unpaired) electrons. The molecule has 182 valence electrons. The summed E-state index contributed by atoms with van der Waals surface area (Å²) in [6.07, 6.45) is -0.0837. The maximum absolute atomic E-state index is 13.0. The number of hydrogen-bond donors (Lipinski definition) is 3. The van der Waals surface area contributed by atoms with E-state index in [1.807, 2.05) is 50.2 Å². The number of hydrogen-bond acceptors (Lipinski definition) is 4. The lowest BCUT2D eigenvalue weighted by Crippen LogP contribution is -2.57. The molecule has 0 saturated carbocycles. The topological polar surface area (TPSA) is 105 Å². The number of fused-ring (bicyclic) bond motifs is 3. The summed E-state index contributed by atoms with van der Waals surface area (Å²) in [5.74, 6) is -1.96. The predicted octanol–water partition coefficient (Wildman–Crippen LogP) is 4.56. The smallest absolute Gasteiger partial charge is 0.407 e. The van der Waals surface area contributed by atoms with Crippen molar-refractivity contribution in [1.82, 2.24) is 10.6 Å². The van der Waals surface area contributed by atoms with Crippen molar-refractivity contribution in [2.45, 2.75) is 59.0 Å². The van der Waals surface area contributed by atoms with Gasteiger partial charge in [-0.25, -0.2) is 9.59 Å². The van der Waals surface area contributed by atoms with Gasteiger partial charge < -0.3 is 20.5 Å². The molecule has 34 heavy (non-hydrogen) atoms. The average molecular weight is 467 g/mol. The van der Waals surface area contributed by atoms with Gasteiger partial charge in [-0.3, -0.25) is 4.79 Å². The normalized spacial score (nSPS) is 15.4. The van der Waals surface area contributed by atoms with E-state index in [0.29, 0.717) is 6.42 Å². The maximum atomic E-state index is 13.0. The summed E-state index contributed by atoms with van der Waals surface area (Å²) in [4.78, 5) is 37.4. The standard InChI is InChI=1S/C27H34N2O5/c1-6-16(2)22(24(30)29-23(25(31)32)27(3,4)5)28-26(33)34-15-21-19-13-9-7-11-17(19)18-12-8-10-14-20(18)21/h7-14,16,21-23H,6,15H2,1-5H3,(H,28,33)(H,29,30)(H,31,32)/t16?,22-,23-/m0/s1. The lowest BCUT2D eigenvalue weighted by molar-refractivity contribution is -0.145. The second kappa shape index (κ2) is 10.3. The van der Waals surface area contributed by atoms with Gasteiger partial charge in [0.25, 0.3) is 0 Å². The van der Waals surface area contributed by atoms with Gasteiger partial charge in [0.2, 0.25) is 5.91 Å². The summed E-state index contributed by atoms with van der Waals surface area (Å²) < 4.78 is 5.59. The van der Waals surface area contributed by atoms with Crippen LogP contribution in [0.3, 0.4) is 0 Å². The molecule has 7 heteroatoms. The molecule has 3 atom stereocenters. The van der Waals surface area contributed by atoms with E-state index in [2.05, 4.69) is 22.8 Å². The van der Waals surface area contributed by atoms with Crippen LogP contribution in [0.5, 0.6) is 0 Å². The van der Waals surface area contributed by atoms with Crippen LogP contribution in [0.4, 0.5) is 4.79 Å². The first kappa shape index (κ1) is 25.3. The summed E-state index contributed by atoms with van der Waals surface area (Å²) in [7, 11) is 0. The van der Waals surface area contributed by atoms with Crippen molar-refractivity contribution in [2.75, 3.05) is 6.61 Å². The second-order valence-corrected chi connectivity index (χ2v) is 9.98. The first-order valence-corrected chi connectivity index (χ1v) is 11.7. The zero-order valence-electron chi connectivity index (χ0n) is 20.4. The van der Waals surface area contributed by atoms with E-state index in [9.17, 15) is 19.5 Å². The average Bonchev–Trinajstić information content (AvgIpc) is 3.11. The van der Waals surface area contributed by atoms with Gasteiger partial charge >= 0.3 is 12.1 Å². The van der Waals surface area contributed by atoms with Crippen LogP contribution < -0.4 is 10.6 Å². The monoisotopic (exact) mass is 466 g/mol. The molecule has 2 aromatic carbocycles. The fraction of sp³-hybridized carbons (Fsp3) is 0.444. The highest BCUT2D eigenvalue weighted by atomic mass is 16.5. The molecule has 3 rings (SSSR count). The predicted molar refractivity (Wildman–Crippen MR) is 130 cm³/mol. The van der Waals surface area contributed by atoms with Crippen LogP contribution in [-0.4, -0.2) is 41.8 Å². The van der Waals surface area contributed by atoms with Gasteiger partial charge in [-0.15, -0.1) is 0 Å². The van der Waals surface area contributed by atoms with Crippen LogP contribution in [0.15, 0.2) is 48.5 Å². The highest BCUT2D eigenvalue weighted by Crippen LogP contribution is 2.44. The largest absolute Gasteiger partial charge is 0.480 e. The Hall–Kier alpha value is -3.35. The molecule has 0 fully saturated rings. The Balaban J connectivity index is 1.70. The van der Waals surface area contributed by atoms with Crippen molar-refractivity contribution in [1.29, 1.82) is 0 Å². The first-order chi connectivity index (χ1) is 16.0. The van der Waals surface area contributed by atoms with Gasteiger partial charge in [0.1, 0.15) is 18.7 Å². The van der Waals surface area contributed by atoms with Crippen molar-refractivity contribution < 1.29 is 24.2 Å². The molecule has 1 aliphatic rings. The number of carboxylic acid groups (broad SMARTS) is 1. The van der Waals surface area contributed by atoms with Crippen molar-refractivity contribution in [3.63, 3.8) is 0 Å². The van der Waals surface area contributed by atoms with E-state index < -0.39 is 35.5 Å². The molecule has 0 aliphatic heterocycles. The number of carbonyl (C=O) groups is 3. The number of carboxylic acids is 1. The van der Waals surface area contributed by atoms with Crippen LogP contribution in [0.1, 0.15) is 58.1 Å². The molecule has 1 aliphatic carbocycles.